The SMILES string of the molecule is CN(C)CCC(C=O)(CCN(C)C)c1cccc2ccccc12. The second kappa shape index (κ2) is 7.71. The molecule has 2 rings (SSSR count). The molecule has 0 N–H and O–H groups in total. The van der Waals surface area contributed by atoms with Crippen LogP contribution in [-0.4, -0.2) is 57.4 Å². The first-order valence-electron chi connectivity index (χ1n) is 8.22. The molecule has 0 atom stereocenters. The van der Waals surface area contributed by atoms with E-state index < -0.39 is 5.41 Å². The quantitative estimate of drug-likeness (QED) is 0.700. The summed E-state index contributed by atoms with van der Waals surface area (Å²) in [6.07, 6.45) is 2.86. The summed E-state index contributed by atoms with van der Waals surface area (Å²) in [6.45, 7) is 1.80. The molecule has 0 spiro atoms. The molecule has 3 heteroatoms. The number of nitrogens with zero attached hydrogens (tertiary/aromatic N) is 2. The Morgan fingerprint density at radius 3 is 2.00 bits per heavy atom. The first kappa shape index (κ1) is 17.6. The van der Waals surface area contributed by atoms with Crippen molar-refractivity contribution in [3.05, 3.63) is 48.0 Å². The highest BCUT2D eigenvalue weighted by atomic mass is 16.1. The van der Waals surface area contributed by atoms with Crippen LogP contribution in [-0.2, 0) is 10.2 Å². The molecule has 0 amide bonds. The van der Waals surface area contributed by atoms with Gasteiger partial charge in [0.25, 0.3) is 0 Å². The van der Waals surface area contributed by atoms with E-state index in [2.05, 4.69) is 74.4 Å². The molecule has 2 aromatic rings. The summed E-state index contributed by atoms with van der Waals surface area (Å²) in [4.78, 5) is 16.6. The van der Waals surface area contributed by atoms with Crippen molar-refractivity contribution >= 4 is 17.1 Å². The molecule has 0 aliphatic carbocycles. The fourth-order valence-electron chi connectivity index (χ4n) is 3.08. The predicted molar refractivity (Wildman–Crippen MR) is 98.0 cm³/mol. The van der Waals surface area contributed by atoms with Crippen LogP contribution in [0.2, 0.25) is 0 Å². The fraction of sp³-hybridized carbons (Fsp3) is 0.450. The van der Waals surface area contributed by atoms with Crippen LogP contribution in [0.4, 0.5) is 0 Å². The second-order valence-electron chi connectivity index (χ2n) is 6.91. The van der Waals surface area contributed by atoms with Crippen molar-refractivity contribution in [3.8, 4) is 0 Å². The summed E-state index contributed by atoms with van der Waals surface area (Å²) in [5.74, 6) is 0. The van der Waals surface area contributed by atoms with Crippen LogP contribution in [0, 0.1) is 0 Å². The van der Waals surface area contributed by atoms with Crippen molar-refractivity contribution < 1.29 is 4.79 Å². The average molecular weight is 312 g/mol. The minimum atomic E-state index is -0.435. The molecular formula is C20H28N2O. The van der Waals surface area contributed by atoms with Crippen LogP contribution in [0.1, 0.15) is 18.4 Å². The Labute approximate surface area is 139 Å². The molecule has 0 aliphatic rings. The summed E-state index contributed by atoms with van der Waals surface area (Å²) >= 11 is 0. The summed E-state index contributed by atoms with van der Waals surface area (Å²) in [5.41, 5.74) is 0.726. The fourth-order valence-corrected chi connectivity index (χ4v) is 3.08. The second-order valence-corrected chi connectivity index (χ2v) is 6.91. The van der Waals surface area contributed by atoms with Gasteiger partial charge in [0.1, 0.15) is 6.29 Å². The zero-order valence-corrected chi connectivity index (χ0v) is 14.7. The monoisotopic (exact) mass is 312 g/mol. The molecule has 0 heterocycles. The van der Waals surface area contributed by atoms with E-state index >= 15 is 0 Å². The molecule has 124 valence electrons. The zero-order valence-electron chi connectivity index (χ0n) is 14.7. The van der Waals surface area contributed by atoms with Crippen molar-refractivity contribution in [2.45, 2.75) is 18.3 Å². The van der Waals surface area contributed by atoms with Gasteiger partial charge in [-0.1, -0.05) is 42.5 Å². The van der Waals surface area contributed by atoms with Gasteiger partial charge < -0.3 is 14.6 Å². The van der Waals surface area contributed by atoms with Gasteiger partial charge in [0, 0.05) is 0 Å². The molecule has 0 bridgehead atoms. The minimum Gasteiger partial charge on any atom is -0.309 e. The van der Waals surface area contributed by atoms with Crippen molar-refractivity contribution in [1.29, 1.82) is 0 Å². The van der Waals surface area contributed by atoms with Crippen molar-refractivity contribution in [1.82, 2.24) is 9.80 Å². The minimum absolute atomic E-state index is 0.435. The summed E-state index contributed by atoms with van der Waals surface area (Å²) in [7, 11) is 8.24. The van der Waals surface area contributed by atoms with E-state index in [1.807, 2.05) is 6.07 Å². The van der Waals surface area contributed by atoms with Crippen molar-refractivity contribution in [2.75, 3.05) is 41.3 Å². The summed E-state index contributed by atoms with van der Waals surface area (Å²) < 4.78 is 0. The number of benzene rings is 2. The first-order valence-corrected chi connectivity index (χ1v) is 8.22. The molecule has 0 radical (unpaired) electrons. The van der Waals surface area contributed by atoms with Crippen LogP contribution in [0.5, 0.6) is 0 Å². The van der Waals surface area contributed by atoms with Gasteiger partial charge in [-0.05, 0) is 70.5 Å². The third-order valence-electron chi connectivity index (χ3n) is 4.56. The number of hydrogen-bond donors (Lipinski definition) is 0. The Balaban J connectivity index is 2.51. The molecular weight excluding hydrogens is 284 g/mol. The number of hydrogen-bond acceptors (Lipinski definition) is 3. The van der Waals surface area contributed by atoms with E-state index in [4.69, 9.17) is 0 Å². The molecule has 0 saturated heterocycles. The number of rotatable bonds is 8. The lowest BCUT2D eigenvalue weighted by Gasteiger charge is -2.32. The third kappa shape index (κ3) is 4.18. The van der Waals surface area contributed by atoms with Crippen molar-refractivity contribution in [2.24, 2.45) is 0 Å². The average Bonchev–Trinajstić information content (AvgIpc) is 2.55. The van der Waals surface area contributed by atoms with Crippen LogP contribution >= 0.6 is 0 Å². The highest BCUT2D eigenvalue weighted by Crippen LogP contribution is 2.35. The van der Waals surface area contributed by atoms with Gasteiger partial charge in [0.05, 0.1) is 5.41 Å². The van der Waals surface area contributed by atoms with Crippen LogP contribution in [0.15, 0.2) is 42.5 Å². The van der Waals surface area contributed by atoms with E-state index in [0.29, 0.717) is 0 Å². The molecule has 0 saturated carbocycles. The molecule has 0 aliphatic heterocycles. The highest BCUT2D eigenvalue weighted by Gasteiger charge is 2.33. The number of carbonyl (C=O) groups is 1. The van der Waals surface area contributed by atoms with Gasteiger partial charge in [0.15, 0.2) is 0 Å². The molecule has 0 unspecified atom stereocenters. The third-order valence-corrected chi connectivity index (χ3v) is 4.56. The normalized spacial score (nSPS) is 12.3. The van der Waals surface area contributed by atoms with E-state index in [-0.39, 0.29) is 0 Å². The van der Waals surface area contributed by atoms with E-state index in [0.717, 1.165) is 31.5 Å². The Kier molecular flexibility index (Phi) is 5.91. The molecule has 0 fully saturated rings. The van der Waals surface area contributed by atoms with E-state index in [1.165, 1.54) is 17.1 Å². The lowest BCUT2D eigenvalue weighted by Crippen LogP contribution is -2.35. The maximum Gasteiger partial charge on any atom is 0.130 e. The lowest BCUT2D eigenvalue weighted by molar-refractivity contribution is -0.113. The Hall–Kier alpha value is -1.71. The summed E-state index contributed by atoms with van der Waals surface area (Å²) in [5, 5.41) is 2.39. The zero-order chi connectivity index (χ0) is 16.9. The largest absolute Gasteiger partial charge is 0.309 e. The van der Waals surface area contributed by atoms with Crippen molar-refractivity contribution in [3.63, 3.8) is 0 Å². The lowest BCUT2D eigenvalue weighted by atomic mass is 9.74. The molecule has 3 nitrogen and oxygen atoms in total. The summed E-state index contributed by atoms with van der Waals surface area (Å²) in [6, 6.07) is 14.7. The standard InChI is InChI=1S/C20H28N2O/c1-21(2)14-12-20(16-23,13-15-22(3)4)19-11-7-9-17-8-5-6-10-18(17)19/h5-11,16H,12-15H2,1-4H3. The van der Waals surface area contributed by atoms with Gasteiger partial charge in [-0.2, -0.15) is 0 Å². The van der Waals surface area contributed by atoms with Crippen LogP contribution < -0.4 is 0 Å². The Bertz CT molecular complexity index is 632. The number of aldehydes is 1. The maximum atomic E-state index is 12.3. The predicted octanol–water partition coefficient (Wildman–Crippen LogP) is 3.18. The number of fused-ring (bicyclic) bond motifs is 1. The highest BCUT2D eigenvalue weighted by molar-refractivity contribution is 5.90. The van der Waals surface area contributed by atoms with Gasteiger partial charge in [-0.15, -0.1) is 0 Å². The van der Waals surface area contributed by atoms with Gasteiger partial charge in [-0.25, -0.2) is 0 Å². The Morgan fingerprint density at radius 1 is 0.870 bits per heavy atom. The van der Waals surface area contributed by atoms with Crippen LogP contribution in [0.3, 0.4) is 0 Å². The maximum absolute atomic E-state index is 12.3. The van der Waals surface area contributed by atoms with E-state index in [9.17, 15) is 4.79 Å². The topological polar surface area (TPSA) is 23.6 Å². The number of carbonyl (C=O) groups excluding carboxylic acids is 1. The smallest absolute Gasteiger partial charge is 0.130 e. The molecule has 2 aromatic carbocycles. The molecule has 0 aromatic heterocycles. The van der Waals surface area contributed by atoms with Gasteiger partial charge in [-0.3, -0.25) is 0 Å². The molecule has 23 heavy (non-hydrogen) atoms. The Morgan fingerprint density at radius 2 is 1.43 bits per heavy atom. The van der Waals surface area contributed by atoms with E-state index in [1.54, 1.807) is 0 Å². The first-order chi connectivity index (χ1) is 11.0. The van der Waals surface area contributed by atoms with Gasteiger partial charge >= 0.3 is 0 Å². The van der Waals surface area contributed by atoms with Gasteiger partial charge in [0.2, 0.25) is 0 Å². The van der Waals surface area contributed by atoms with Crippen LogP contribution in [0.25, 0.3) is 10.8 Å².